The molecule has 3 rings (SSSR count). The summed E-state index contributed by atoms with van der Waals surface area (Å²) >= 11 is 0. The van der Waals surface area contributed by atoms with Crippen LogP contribution >= 0.6 is 0 Å². The second-order valence-electron chi connectivity index (χ2n) is 10.4. The monoisotopic (exact) mass is 557 g/mol. The molecule has 0 atom stereocenters. The maximum Gasteiger partial charge on any atom is 0.410 e. The van der Waals surface area contributed by atoms with Crippen molar-refractivity contribution in [1.82, 2.24) is 20.2 Å². The van der Waals surface area contributed by atoms with Crippen LogP contribution in [0.3, 0.4) is 0 Å². The van der Waals surface area contributed by atoms with Crippen LogP contribution in [0.1, 0.15) is 50.5 Å². The first-order chi connectivity index (χ1) is 19.0. The standard InChI is InChI=1S/C27H39N7O6/c1-27(2,3)40-26(37)34(4)17-22(35)29-11-6-12-39-20-8-5-7-19(15-20)32-25-23(24(28)36)30-16-21(33-25)31-18-9-13-38-14-10-18/h5,7-8,15-16,18H,6,9-14,17H2,1-4H3,(H2,28,36)(H,29,35)(H2,31,32,33). The molecular weight excluding hydrogens is 518 g/mol. The fourth-order valence-electron chi connectivity index (χ4n) is 3.74. The summed E-state index contributed by atoms with van der Waals surface area (Å²) in [4.78, 5) is 46.0. The lowest BCUT2D eigenvalue weighted by atomic mass is 10.1. The highest BCUT2D eigenvalue weighted by atomic mass is 16.6. The van der Waals surface area contributed by atoms with Crippen molar-refractivity contribution in [2.24, 2.45) is 5.73 Å². The van der Waals surface area contributed by atoms with E-state index < -0.39 is 17.6 Å². The summed E-state index contributed by atoms with van der Waals surface area (Å²) in [7, 11) is 1.51. The number of nitrogens with one attached hydrogen (secondary N) is 3. The van der Waals surface area contributed by atoms with Crippen molar-refractivity contribution < 1.29 is 28.6 Å². The van der Waals surface area contributed by atoms with Gasteiger partial charge in [0.25, 0.3) is 5.91 Å². The molecule has 13 heteroatoms. The van der Waals surface area contributed by atoms with Crippen molar-refractivity contribution in [3.63, 3.8) is 0 Å². The molecule has 0 radical (unpaired) electrons. The molecule has 2 heterocycles. The van der Waals surface area contributed by atoms with E-state index >= 15 is 0 Å². The van der Waals surface area contributed by atoms with Gasteiger partial charge < -0.3 is 40.8 Å². The lowest BCUT2D eigenvalue weighted by Gasteiger charge is -2.24. The maximum atomic E-state index is 12.1. The van der Waals surface area contributed by atoms with Gasteiger partial charge >= 0.3 is 6.09 Å². The number of nitrogens with two attached hydrogens (primary N) is 1. The number of amides is 3. The topological polar surface area (TPSA) is 170 Å². The smallest absolute Gasteiger partial charge is 0.410 e. The van der Waals surface area contributed by atoms with Crippen molar-refractivity contribution in [1.29, 1.82) is 0 Å². The normalized spacial score (nSPS) is 13.7. The highest BCUT2D eigenvalue weighted by Crippen LogP contribution is 2.24. The molecule has 0 bridgehead atoms. The van der Waals surface area contributed by atoms with Crippen LogP contribution in [-0.4, -0.2) is 84.4 Å². The molecule has 0 saturated carbocycles. The summed E-state index contributed by atoms with van der Waals surface area (Å²) in [6, 6.07) is 7.37. The number of carbonyl (C=O) groups is 3. The molecule has 1 fully saturated rings. The molecule has 40 heavy (non-hydrogen) atoms. The van der Waals surface area contributed by atoms with Crippen molar-refractivity contribution in [2.45, 2.75) is 51.7 Å². The van der Waals surface area contributed by atoms with Gasteiger partial charge in [0.05, 0.1) is 12.8 Å². The predicted octanol–water partition coefficient (Wildman–Crippen LogP) is 2.66. The Morgan fingerprint density at radius 1 is 1.20 bits per heavy atom. The zero-order valence-corrected chi connectivity index (χ0v) is 23.5. The Morgan fingerprint density at radius 3 is 2.65 bits per heavy atom. The van der Waals surface area contributed by atoms with Crippen molar-refractivity contribution in [3.8, 4) is 5.75 Å². The van der Waals surface area contributed by atoms with Gasteiger partial charge in [-0.25, -0.2) is 14.8 Å². The number of ether oxygens (including phenoxy) is 3. The first-order valence-corrected chi connectivity index (χ1v) is 13.2. The molecule has 0 spiro atoms. The van der Waals surface area contributed by atoms with E-state index in [1.54, 1.807) is 45.0 Å². The van der Waals surface area contributed by atoms with E-state index in [4.69, 9.17) is 19.9 Å². The molecule has 1 saturated heterocycles. The van der Waals surface area contributed by atoms with E-state index in [1.165, 1.54) is 18.1 Å². The third-order valence-electron chi connectivity index (χ3n) is 5.67. The van der Waals surface area contributed by atoms with Gasteiger partial charge in [-0.2, -0.15) is 0 Å². The van der Waals surface area contributed by atoms with Crippen LogP contribution in [0, 0.1) is 0 Å². The van der Waals surface area contributed by atoms with Gasteiger partial charge in [-0.3, -0.25) is 9.59 Å². The fourth-order valence-corrected chi connectivity index (χ4v) is 3.74. The third-order valence-corrected chi connectivity index (χ3v) is 5.67. The minimum absolute atomic E-state index is 0.0249. The van der Waals surface area contributed by atoms with Crippen LogP contribution in [0.4, 0.5) is 22.1 Å². The van der Waals surface area contributed by atoms with Crippen molar-refractivity contribution in [3.05, 3.63) is 36.2 Å². The van der Waals surface area contributed by atoms with Crippen molar-refractivity contribution >= 4 is 35.2 Å². The summed E-state index contributed by atoms with van der Waals surface area (Å²) in [6.45, 7) is 7.28. The molecule has 1 aliphatic rings. The van der Waals surface area contributed by atoms with E-state index in [2.05, 4.69) is 25.9 Å². The zero-order valence-electron chi connectivity index (χ0n) is 23.5. The number of anilines is 3. The van der Waals surface area contributed by atoms with Gasteiger partial charge in [0, 0.05) is 44.6 Å². The average molecular weight is 558 g/mol. The second-order valence-corrected chi connectivity index (χ2v) is 10.4. The molecule has 1 aromatic carbocycles. The Bertz CT molecular complexity index is 1160. The zero-order chi connectivity index (χ0) is 29.1. The molecule has 0 aliphatic carbocycles. The minimum Gasteiger partial charge on any atom is -0.493 e. The molecule has 5 N–H and O–H groups in total. The van der Waals surface area contributed by atoms with E-state index in [9.17, 15) is 14.4 Å². The molecule has 1 aliphatic heterocycles. The number of aromatic nitrogens is 2. The number of rotatable bonds is 12. The van der Waals surface area contributed by atoms with E-state index in [0.717, 1.165) is 12.8 Å². The highest BCUT2D eigenvalue weighted by molar-refractivity contribution is 5.96. The van der Waals surface area contributed by atoms with Gasteiger partial charge in [0.15, 0.2) is 11.5 Å². The largest absolute Gasteiger partial charge is 0.493 e. The molecule has 218 valence electrons. The number of primary amides is 1. The number of hydrogen-bond donors (Lipinski definition) is 4. The molecule has 0 unspecified atom stereocenters. The summed E-state index contributed by atoms with van der Waals surface area (Å²) < 4.78 is 16.4. The molecule has 1 aromatic heterocycles. The maximum absolute atomic E-state index is 12.1. The van der Waals surface area contributed by atoms with Crippen LogP contribution in [-0.2, 0) is 14.3 Å². The fraction of sp³-hybridized carbons (Fsp3) is 0.519. The minimum atomic E-state index is -0.695. The van der Waals surface area contributed by atoms with E-state index in [0.29, 0.717) is 50.0 Å². The summed E-state index contributed by atoms with van der Waals surface area (Å²) in [5.41, 5.74) is 5.55. The van der Waals surface area contributed by atoms with E-state index in [1.807, 2.05) is 0 Å². The van der Waals surface area contributed by atoms with Gasteiger partial charge in [-0.05, 0) is 52.2 Å². The Hall–Kier alpha value is -4.13. The second kappa shape index (κ2) is 14.3. The Labute approximate surface area is 234 Å². The Kier molecular flexibility index (Phi) is 10.9. The van der Waals surface area contributed by atoms with Gasteiger partial charge in [-0.15, -0.1) is 0 Å². The SMILES string of the molecule is CN(CC(=O)NCCCOc1cccc(Nc2nc(NC3CCOCC3)cnc2C(N)=O)c1)C(=O)OC(C)(C)C. The van der Waals surface area contributed by atoms with Gasteiger partial charge in [0.1, 0.15) is 23.7 Å². The molecular formula is C27H39N7O6. The van der Waals surface area contributed by atoms with Crippen LogP contribution in [0.15, 0.2) is 30.5 Å². The quantitative estimate of drug-likeness (QED) is 0.285. The molecule has 2 aromatic rings. The van der Waals surface area contributed by atoms with Crippen LogP contribution in [0.25, 0.3) is 0 Å². The van der Waals surface area contributed by atoms with Crippen LogP contribution in [0.2, 0.25) is 0 Å². The lowest BCUT2D eigenvalue weighted by molar-refractivity contribution is -0.122. The lowest BCUT2D eigenvalue weighted by Crippen LogP contribution is -2.41. The van der Waals surface area contributed by atoms with Crippen molar-refractivity contribution in [2.75, 3.05) is 50.6 Å². The average Bonchev–Trinajstić information content (AvgIpc) is 2.88. The van der Waals surface area contributed by atoms with Crippen LogP contribution < -0.4 is 26.4 Å². The van der Waals surface area contributed by atoms with E-state index in [-0.39, 0.29) is 30.0 Å². The third kappa shape index (κ3) is 10.2. The number of nitrogens with zero attached hydrogens (tertiary/aromatic N) is 3. The summed E-state index contributed by atoms with van der Waals surface area (Å²) in [5.74, 6) is 0.372. The number of carbonyl (C=O) groups excluding carboxylic acids is 3. The molecule has 13 nitrogen and oxygen atoms in total. The molecule has 3 amide bonds. The number of likely N-dealkylation sites (N-methyl/N-ethyl adjacent to an activating group) is 1. The summed E-state index contributed by atoms with van der Waals surface area (Å²) in [5, 5.41) is 9.20. The number of hydrogen-bond acceptors (Lipinski definition) is 10. The van der Waals surface area contributed by atoms with Crippen LogP contribution in [0.5, 0.6) is 5.75 Å². The number of benzene rings is 1. The Balaban J connectivity index is 1.48. The first kappa shape index (κ1) is 30.4. The summed E-state index contributed by atoms with van der Waals surface area (Å²) in [6.07, 6.45) is 3.20. The first-order valence-electron chi connectivity index (χ1n) is 13.2. The predicted molar refractivity (Wildman–Crippen MR) is 150 cm³/mol. The van der Waals surface area contributed by atoms with Gasteiger partial charge in [-0.1, -0.05) is 6.07 Å². The Morgan fingerprint density at radius 2 is 1.95 bits per heavy atom. The highest BCUT2D eigenvalue weighted by Gasteiger charge is 2.21. The van der Waals surface area contributed by atoms with Gasteiger partial charge in [0.2, 0.25) is 5.91 Å².